The SMILES string of the molecule is CN[C@@H]1CN(Cc2ccccc2)C[C@H]1c1ccc(Cl)c(Cl)c1. The van der Waals surface area contributed by atoms with Crippen molar-refractivity contribution in [1.29, 1.82) is 0 Å². The molecule has 1 heterocycles. The van der Waals surface area contributed by atoms with Gasteiger partial charge in [-0.15, -0.1) is 0 Å². The maximum absolute atomic E-state index is 6.18. The molecule has 1 saturated heterocycles. The van der Waals surface area contributed by atoms with Gasteiger partial charge in [-0.05, 0) is 30.3 Å². The Morgan fingerprint density at radius 1 is 1.05 bits per heavy atom. The van der Waals surface area contributed by atoms with E-state index in [0.717, 1.165) is 19.6 Å². The van der Waals surface area contributed by atoms with E-state index in [1.165, 1.54) is 11.1 Å². The van der Waals surface area contributed by atoms with Crippen LogP contribution in [0.5, 0.6) is 0 Å². The number of nitrogens with zero attached hydrogens (tertiary/aromatic N) is 1. The fraction of sp³-hybridized carbons (Fsp3) is 0.333. The summed E-state index contributed by atoms with van der Waals surface area (Å²) in [6.45, 7) is 3.05. The molecule has 0 aliphatic carbocycles. The van der Waals surface area contributed by atoms with Crippen molar-refractivity contribution in [3.8, 4) is 0 Å². The minimum absolute atomic E-state index is 0.431. The number of likely N-dealkylation sites (N-methyl/N-ethyl adjacent to an activating group) is 1. The second-order valence-electron chi connectivity index (χ2n) is 5.85. The van der Waals surface area contributed by atoms with Gasteiger partial charge < -0.3 is 5.32 Å². The van der Waals surface area contributed by atoms with Crippen molar-refractivity contribution >= 4 is 23.2 Å². The first kappa shape index (κ1) is 15.8. The largest absolute Gasteiger partial charge is 0.315 e. The number of halogens is 2. The van der Waals surface area contributed by atoms with E-state index in [1.54, 1.807) is 0 Å². The third-order valence-electron chi connectivity index (χ3n) is 4.39. The predicted octanol–water partition coefficient (Wildman–Crippen LogP) is 4.18. The molecule has 0 aromatic heterocycles. The highest BCUT2D eigenvalue weighted by molar-refractivity contribution is 6.42. The highest BCUT2D eigenvalue weighted by Crippen LogP contribution is 2.32. The molecule has 1 N–H and O–H groups in total. The van der Waals surface area contributed by atoms with Crippen LogP contribution in [-0.2, 0) is 6.54 Å². The lowest BCUT2D eigenvalue weighted by molar-refractivity contribution is 0.320. The average molecular weight is 335 g/mol. The van der Waals surface area contributed by atoms with E-state index in [0.29, 0.717) is 22.0 Å². The molecule has 2 nitrogen and oxygen atoms in total. The summed E-state index contributed by atoms with van der Waals surface area (Å²) in [4.78, 5) is 2.49. The van der Waals surface area contributed by atoms with Gasteiger partial charge in [0, 0.05) is 31.6 Å². The molecule has 2 aromatic carbocycles. The van der Waals surface area contributed by atoms with Crippen molar-refractivity contribution in [2.75, 3.05) is 20.1 Å². The fourth-order valence-electron chi connectivity index (χ4n) is 3.23. The molecule has 0 spiro atoms. The highest BCUT2D eigenvalue weighted by Gasteiger charge is 2.32. The Labute approximate surface area is 142 Å². The Kier molecular flexibility index (Phi) is 5.04. The van der Waals surface area contributed by atoms with Gasteiger partial charge in [-0.1, -0.05) is 59.6 Å². The molecule has 4 heteroatoms. The Balaban J connectivity index is 1.75. The van der Waals surface area contributed by atoms with Gasteiger partial charge in [0.15, 0.2) is 0 Å². The first-order chi connectivity index (χ1) is 10.7. The molecule has 2 aromatic rings. The highest BCUT2D eigenvalue weighted by atomic mass is 35.5. The summed E-state index contributed by atoms with van der Waals surface area (Å²) in [6, 6.07) is 17.0. The maximum atomic E-state index is 6.18. The van der Waals surface area contributed by atoms with E-state index < -0.39 is 0 Å². The molecule has 0 radical (unpaired) electrons. The van der Waals surface area contributed by atoms with Crippen LogP contribution in [-0.4, -0.2) is 31.1 Å². The molecule has 0 amide bonds. The lowest BCUT2D eigenvalue weighted by Gasteiger charge is -2.18. The van der Waals surface area contributed by atoms with Gasteiger partial charge in [0.25, 0.3) is 0 Å². The second-order valence-corrected chi connectivity index (χ2v) is 6.67. The van der Waals surface area contributed by atoms with Crippen molar-refractivity contribution in [1.82, 2.24) is 10.2 Å². The molecule has 0 saturated carbocycles. The van der Waals surface area contributed by atoms with Gasteiger partial charge in [-0.25, -0.2) is 0 Å². The average Bonchev–Trinajstić information content (AvgIpc) is 2.94. The zero-order valence-corrected chi connectivity index (χ0v) is 14.1. The van der Waals surface area contributed by atoms with Crippen molar-refractivity contribution in [3.05, 3.63) is 69.7 Å². The predicted molar refractivity (Wildman–Crippen MR) is 93.8 cm³/mol. The zero-order valence-electron chi connectivity index (χ0n) is 12.6. The Morgan fingerprint density at radius 3 is 2.50 bits per heavy atom. The standard InChI is InChI=1S/C18H20Cl2N2/c1-21-18-12-22(10-13-5-3-2-4-6-13)11-15(18)14-7-8-16(19)17(20)9-14/h2-9,15,18,21H,10-12H2,1H3/t15-,18+/m0/s1. The van der Waals surface area contributed by atoms with Crippen LogP contribution in [0.4, 0.5) is 0 Å². The number of likely N-dealkylation sites (tertiary alicyclic amines) is 1. The molecular formula is C18H20Cl2N2. The molecule has 0 unspecified atom stereocenters. The summed E-state index contributed by atoms with van der Waals surface area (Å²) in [5, 5.41) is 4.70. The number of nitrogens with one attached hydrogen (secondary N) is 1. The molecule has 116 valence electrons. The Morgan fingerprint density at radius 2 is 1.82 bits per heavy atom. The monoisotopic (exact) mass is 334 g/mol. The molecular weight excluding hydrogens is 315 g/mol. The zero-order chi connectivity index (χ0) is 15.5. The van der Waals surface area contributed by atoms with Gasteiger partial charge in [0.1, 0.15) is 0 Å². The molecule has 1 aliphatic heterocycles. The van der Waals surface area contributed by atoms with Crippen LogP contribution in [0.2, 0.25) is 10.0 Å². The molecule has 1 aliphatic rings. The van der Waals surface area contributed by atoms with Gasteiger partial charge in [0.05, 0.1) is 10.0 Å². The molecule has 2 atom stereocenters. The lowest BCUT2D eigenvalue weighted by atomic mass is 9.94. The second kappa shape index (κ2) is 7.01. The summed E-state index contributed by atoms with van der Waals surface area (Å²) >= 11 is 12.2. The summed E-state index contributed by atoms with van der Waals surface area (Å²) in [7, 11) is 2.03. The molecule has 1 fully saturated rings. The van der Waals surface area contributed by atoms with E-state index in [9.17, 15) is 0 Å². The van der Waals surface area contributed by atoms with Crippen LogP contribution in [0, 0.1) is 0 Å². The number of hydrogen-bond donors (Lipinski definition) is 1. The third-order valence-corrected chi connectivity index (χ3v) is 5.13. The van der Waals surface area contributed by atoms with Crippen molar-refractivity contribution in [3.63, 3.8) is 0 Å². The van der Waals surface area contributed by atoms with Crippen LogP contribution >= 0.6 is 23.2 Å². The number of benzene rings is 2. The topological polar surface area (TPSA) is 15.3 Å². The smallest absolute Gasteiger partial charge is 0.0595 e. The maximum Gasteiger partial charge on any atom is 0.0595 e. The van der Waals surface area contributed by atoms with E-state index in [2.05, 4.69) is 46.6 Å². The summed E-state index contributed by atoms with van der Waals surface area (Å²) in [5.74, 6) is 0.434. The quantitative estimate of drug-likeness (QED) is 0.902. The van der Waals surface area contributed by atoms with Gasteiger partial charge in [0.2, 0.25) is 0 Å². The van der Waals surface area contributed by atoms with Crippen LogP contribution in [0.3, 0.4) is 0 Å². The van der Waals surface area contributed by atoms with Crippen LogP contribution in [0.15, 0.2) is 48.5 Å². The summed E-state index contributed by atoms with van der Waals surface area (Å²) < 4.78 is 0. The Hall–Kier alpha value is -1.06. The van der Waals surface area contributed by atoms with Crippen molar-refractivity contribution in [2.45, 2.75) is 18.5 Å². The van der Waals surface area contributed by atoms with Gasteiger partial charge in [-0.2, -0.15) is 0 Å². The van der Waals surface area contributed by atoms with E-state index in [1.807, 2.05) is 19.2 Å². The summed E-state index contributed by atoms with van der Waals surface area (Å²) in [6.07, 6.45) is 0. The van der Waals surface area contributed by atoms with Gasteiger partial charge >= 0.3 is 0 Å². The first-order valence-electron chi connectivity index (χ1n) is 7.56. The normalized spacial score (nSPS) is 22.1. The van der Waals surface area contributed by atoms with Crippen LogP contribution in [0.1, 0.15) is 17.0 Å². The Bertz CT molecular complexity index is 630. The first-order valence-corrected chi connectivity index (χ1v) is 8.31. The summed E-state index contributed by atoms with van der Waals surface area (Å²) in [5.41, 5.74) is 2.61. The number of rotatable bonds is 4. The molecule has 22 heavy (non-hydrogen) atoms. The van der Waals surface area contributed by atoms with E-state index in [4.69, 9.17) is 23.2 Å². The lowest BCUT2D eigenvalue weighted by Crippen LogP contribution is -2.32. The van der Waals surface area contributed by atoms with Crippen LogP contribution < -0.4 is 5.32 Å². The van der Waals surface area contributed by atoms with E-state index in [-0.39, 0.29) is 0 Å². The molecule has 0 bridgehead atoms. The molecule has 3 rings (SSSR count). The van der Waals surface area contributed by atoms with Gasteiger partial charge in [-0.3, -0.25) is 4.90 Å². The van der Waals surface area contributed by atoms with Crippen molar-refractivity contribution < 1.29 is 0 Å². The third kappa shape index (κ3) is 3.47. The van der Waals surface area contributed by atoms with Crippen molar-refractivity contribution in [2.24, 2.45) is 0 Å². The minimum atomic E-state index is 0.431. The number of hydrogen-bond acceptors (Lipinski definition) is 2. The minimum Gasteiger partial charge on any atom is -0.315 e. The fourth-order valence-corrected chi connectivity index (χ4v) is 3.54. The van der Waals surface area contributed by atoms with Crippen LogP contribution in [0.25, 0.3) is 0 Å². The van der Waals surface area contributed by atoms with E-state index >= 15 is 0 Å².